The quantitative estimate of drug-likeness (QED) is 0.428. The molecular weight excluding hydrogens is 442 g/mol. The molecule has 0 aromatic heterocycles. The Labute approximate surface area is 181 Å². The van der Waals surface area contributed by atoms with Crippen LogP contribution in [-0.2, 0) is 19.8 Å². The van der Waals surface area contributed by atoms with Crippen molar-refractivity contribution in [3.05, 3.63) is 99.5 Å². The van der Waals surface area contributed by atoms with Crippen LogP contribution in [0.2, 0.25) is 0 Å². The molecule has 2 bridgehead atoms. The Morgan fingerprint density at radius 3 is 1.93 bits per heavy atom. The molecule has 3 aromatic rings. The molecule has 0 radical (unpaired) electrons. The van der Waals surface area contributed by atoms with Gasteiger partial charge in [0.2, 0.25) is 11.8 Å². The van der Waals surface area contributed by atoms with Gasteiger partial charge in [-0.25, -0.2) is 4.90 Å². The van der Waals surface area contributed by atoms with E-state index in [9.17, 15) is 14.4 Å². The molecule has 3 aliphatic carbocycles. The summed E-state index contributed by atoms with van der Waals surface area (Å²) >= 11 is 3.40. The van der Waals surface area contributed by atoms with Gasteiger partial charge in [-0.1, -0.05) is 64.5 Å². The molecule has 2 amide bonds. The fraction of sp³-hybridized carbons (Fsp3) is 0.160. The van der Waals surface area contributed by atoms with Crippen molar-refractivity contribution in [3.8, 4) is 0 Å². The van der Waals surface area contributed by atoms with Crippen LogP contribution >= 0.6 is 15.9 Å². The van der Waals surface area contributed by atoms with E-state index in [2.05, 4.69) is 15.9 Å². The molecule has 3 aromatic carbocycles. The third-order valence-corrected chi connectivity index (χ3v) is 7.48. The van der Waals surface area contributed by atoms with E-state index in [1.807, 2.05) is 60.7 Å². The van der Waals surface area contributed by atoms with Gasteiger partial charge in [0.1, 0.15) is 6.29 Å². The van der Waals surface area contributed by atoms with Crippen LogP contribution in [0.4, 0.5) is 5.69 Å². The maximum absolute atomic E-state index is 13.7. The van der Waals surface area contributed by atoms with E-state index in [1.165, 1.54) is 4.90 Å². The van der Waals surface area contributed by atoms with E-state index < -0.39 is 17.3 Å². The number of hydrogen-bond acceptors (Lipinski definition) is 3. The molecule has 0 saturated carbocycles. The minimum Gasteiger partial charge on any atom is -0.302 e. The van der Waals surface area contributed by atoms with Crippen molar-refractivity contribution in [1.29, 1.82) is 0 Å². The van der Waals surface area contributed by atoms with E-state index in [0.29, 0.717) is 5.69 Å². The van der Waals surface area contributed by atoms with Gasteiger partial charge in [-0.15, -0.1) is 0 Å². The lowest BCUT2D eigenvalue weighted by molar-refractivity contribution is -0.128. The zero-order valence-corrected chi connectivity index (χ0v) is 17.4. The second-order valence-electron chi connectivity index (χ2n) is 8.13. The van der Waals surface area contributed by atoms with Crippen molar-refractivity contribution < 1.29 is 14.4 Å². The van der Waals surface area contributed by atoms with Crippen molar-refractivity contribution in [3.63, 3.8) is 0 Å². The monoisotopic (exact) mass is 457 g/mol. The normalized spacial score (nSPS) is 28.2. The molecule has 146 valence electrons. The Morgan fingerprint density at radius 2 is 1.37 bits per heavy atom. The third-order valence-electron chi connectivity index (χ3n) is 6.95. The van der Waals surface area contributed by atoms with E-state index in [4.69, 9.17) is 0 Å². The average Bonchev–Trinajstić information content (AvgIpc) is 3.05. The Hall–Kier alpha value is -3.05. The molecular formula is C25H16BrNO3. The van der Waals surface area contributed by atoms with E-state index >= 15 is 0 Å². The van der Waals surface area contributed by atoms with Crippen LogP contribution in [0.25, 0.3) is 0 Å². The molecule has 0 spiro atoms. The summed E-state index contributed by atoms with van der Waals surface area (Å²) in [7, 11) is 0. The van der Waals surface area contributed by atoms with Crippen LogP contribution in [0.1, 0.15) is 28.2 Å². The minimum atomic E-state index is -1.15. The van der Waals surface area contributed by atoms with Gasteiger partial charge in [0.05, 0.1) is 22.9 Å². The van der Waals surface area contributed by atoms with Gasteiger partial charge in [-0.3, -0.25) is 9.59 Å². The molecule has 1 fully saturated rings. The molecule has 1 saturated heterocycles. The smallest absolute Gasteiger partial charge is 0.239 e. The summed E-state index contributed by atoms with van der Waals surface area (Å²) in [5, 5.41) is 0. The molecule has 1 aliphatic heterocycles. The van der Waals surface area contributed by atoms with Crippen molar-refractivity contribution >= 4 is 39.7 Å². The number of anilines is 1. The van der Waals surface area contributed by atoms with Crippen molar-refractivity contribution in [2.45, 2.75) is 11.3 Å². The maximum Gasteiger partial charge on any atom is 0.239 e. The average molecular weight is 458 g/mol. The van der Waals surface area contributed by atoms with E-state index in [1.54, 1.807) is 12.1 Å². The number of amides is 2. The summed E-state index contributed by atoms with van der Waals surface area (Å²) in [5.41, 5.74) is 3.04. The highest BCUT2D eigenvalue weighted by molar-refractivity contribution is 9.10. The van der Waals surface area contributed by atoms with Gasteiger partial charge >= 0.3 is 0 Å². The van der Waals surface area contributed by atoms with E-state index in [0.717, 1.165) is 33.0 Å². The molecule has 0 unspecified atom stereocenters. The van der Waals surface area contributed by atoms with Gasteiger partial charge in [0.25, 0.3) is 0 Å². The molecule has 4 nitrogen and oxygen atoms in total. The zero-order valence-electron chi connectivity index (χ0n) is 15.8. The molecule has 1 heterocycles. The first-order valence-corrected chi connectivity index (χ1v) is 10.7. The number of hydrogen-bond donors (Lipinski definition) is 0. The Bertz CT molecular complexity index is 1200. The van der Waals surface area contributed by atoms with Crippen LogP contribution < -0.4 is 4.90 Å². The van der Waals surface area contributed by atoms with Crippen molar-refractivity contribution in [2.75, 3.05) is 4.90 Å². The van der Waals surface area contributed by atoms with Crippen LogP contribution in [0.15, 0.2) is 77.3 Å². The second kappa shape index (κ2) is 5.99. The molecule has 2 atom stereocenters. The largest absolute Gasteiger partial charge is 0.302 e. The fourth-order valence-corrected chi connectivity index (χ4v) is 6.14. The summed E-state index contributed by atoms with van der Waals surface area (Å²) in [6, 6.07) is 22.6. The first-order chi connectivity index (χ1) is 14.6. The molecule has 5 heteroatoms. The number of carbonyl (C=O) groups is 3. The van der Waals surface area contributed by atoms with Crippen molar-refractivity contribution in [2.24, 2.45) is 11.8 Å². The zero-order chi connectivity index (χ0) is 20.6. The van der Waals surface area contributed by atoms with Gasteiger partial charge < -0.3 is 4.79 Å². The number of carbonyl (C=O) groups excluding carboxylic acids is 3. The van der Waals surface area contributed by atoms with Gasteiger partial charge in [0, 0.05) is 10.4 Å². The van der Waals surface area contributed by atoms with Gasteiger partial charge in [0.15, 0.2) is 0 Å². The van der Waals surface area contributed by atoms with E-state index in [-0.39, 0.29) is 17.7 Å². The highest BCUT2D eigenvalue weighted by atomic mass is 79.9. The highest BCUT2D eigenvalue weighted by Gasteiger charge is 2.68. The lowest BCUT2D eigenvalue weighted by Gasteiger charge is -2.51. The Kier molecular flexibility index (Phi) is 3.55. The summed E-state index contributed by atoms with van der Waals surface area (Å²) in [6.07, 6.45) is 0.897. The standard InChI is InChI=1S/C25H16BrNO3/c26-14-9-11-15(12-10-14)27-23(29)21-20-16-5-1-3-7-18(16)25(13-28,22(21)24(27)30)19-8-4-2-6-17(19)20/h1-13,20-22H/t20?,21-,22-,25?/m1/s1. The summed E-state index contributed by atoms with van der Waals surface area (Å²) < 4.78 is 0.868. The third kappa shape index (κ3) is 1.94. The van der Waals surface area contributed by atoms with Crippen LogP contribution in [-0.4, -0.2) is 18.1 Å². The molecule has 4 aliphatic rings. The second-order valence-corrected chi connectivity index (χ2v) is 9.05. The number of aldehydes is 1. The Balaban J connectivity index is 1.64. The number of rotatable bonds is 2. The first kappa shape index (κ1) is 17.8. The minimum absolute atomic E-state index is 0.229. The van der Waals surface area contributed by atoms with Crippen LogP contribution in [0.5, 0.6) is 0 Å². The van der Waals surface area contributed by atoms with Gasteiger partial charge in [-0.05, 0) is 46.5 Å². The van der Waals surface area contributed by atoms with Crippen LogP contribution in [0.3, 0.4) is 0 Å². The summed E-state index contributed by atoms with van der Waals surface area (Å²) in [4.78, 5) is 41.6. The lowest BCUT2D eigenvalue weighted by atomic mass is 9.48. The number of benzene rings is 3. The number of nitrogens with zero attached hydrogens (tertiary/aromatic N) is 1. The maximum atomic E-state index is 13.7. The topological polar surface area (TPSA) is 54.5 Å². The first-order valence-electron chi connectivity index (χ1n) is 9.88. The predicted octanol–water partition coefficient (Wildman–Crippen LogP) is 4.20. The Morgan fingerprint density at radius 1 is 0.800 bits per heavy atom. The predicted molar refractivity (Wildman–Crippen MR) is 115 cm³/mol. The molecule has 7 rings (SSSR count). The fourth-order valence-electron chi connectivity index (χ4n) is 5.88. The van der Waals surface area contributed by atoms with Gasteiger partial charge in [-0.2, -0.15) is 0 Å². The molecule has 30 heavy (non-hydrogen) atoms. The summed E-state index contributed by atoms with van der Waals surface area (Å²) in [5.74, 6) is -2.08. The molecule has 0 N–H and O–H groups in total. The number of imide groups is 1. The van der Waals surface area contributed by atoms with Crippen LogP contribution in [0, 0.1) is 11.8 Å². The van der Waals surface area contributed by atoms with Crippen molar-refractivity contribution in [1.82, 2.24) is 0 Å². The highest BCUT2D eigenvalue weighted by Crippen LogP contribution is 2.63. The number of halogens is 1. The SMILES string of the molecule is O=CC12c3ccccc3C(c3ccccc31)[C@H]1C(=O)N(c3ccc(Br)cc3)C(=O)[C@@H]12. The summed E-state index contributed by atoms with van der Waals surface area (Å²) in [6.45, 7) is 0. The lowest BCUT2D eigenvalue weighted by Crippen LogP contribution is -2.54.